The summed E-state index contributed by atoms with van der Waals surface area (Å²) in [4.78, 5) is 21.1. The number of pyridine rings is 1. The van der Waals surface area contributed by atoms with Gasteiger partial charge in [-0.1, -0.05) is 51.1 Å². The number of aliphatic carboxylic acids is 1. The highest BCUT2D eigenvalue weighted by atomic mass is 79.9. The Labute approximate surface area is 218 Å². The fourth-order valence-corrected chi connectivity index (χ4v) is 5.55. The highest BCUT2D eigenvalue weighted by Crippen LogP contribution is 2.40. The molecule has 1 aliphatic rings. The van der Waals surface area contributed by atoms with Gasteiger partial charge in [-0.2, -0.15) is 9.61 Å². The van der Waals surface area contributed by atoms with Gasteiger partial charge in [0.25, 0.3) is 0 Å². The molecule has 1 fully saturated rings. The molecule has 0 radical (unpaired) electrons. The van der Waals surface area contributed by atoms with Crippen LogP contribution in [-0.4, -0.2) is 30.7 Å². The second kappa shape index (κ2) is 9.32. The highest BCUT2D eigenvalue weighted by Gasteiger charge is 2.30. The molecule has 7 nitrogen and oxygen atoms in total. The number of anilines is 1. The van der Waals surface area contributed by atoms with Crippen LogP contribution in [0.3, 0.4) is 0 Å². The largest absolute Gasteiger partial charge is 0.481 e. The molecular weight excluding hydrogens is 518 g/mol. The molecule has 0 amide bonds. The van der Waals surface area contributed by atoms with Crippen LogP contribution in [0, 0.1) is 5.92 Å². The van der Waals surface area contributed by atoms with Gasteiger partial charge in [-0.25, -0.2) is 4.98 Å². The molecule has 0 spiro atoms. The van der Waals surface area contributed by atoms with E-state index < -0.39 is 5.97 Å². The number of rotatable bonds is 4. The third-order valence-electron chi connectivity index (χ3n) is 7.23. The lowest BCUT2D eigenvalue weighted by molar-refractivity contribution is -0.142. The van der Waals surface area contributed by atoms with Gasteiger partial charge in [0.1, 0.15) is 5.82 Å². The Morgan fingerprint density at radius 1 is 1.03 bits per heavy atom. The molecule has 0 saturated heterocycles. The summed E-state index contributed by atoms with van der Waals surface area (Å²) < 4.78 is 2.38. The number of fused-ring (bicyclic) bond motifs is 1. The lowest BCUT2D eigenvalue weighted by Crippen LogP contribution is -2.21. The summed E-state index contributed by atoms with van der Waals surface area (Å²) in [5, 5.41) is 13.8. The van der Waals surface area contributed by atoms with E-state index in [2.05, 4.69) is 66.1 Å². The molecular formula is C28H30BrN5O2. The molecule has 3 heterocycles. The molecule has 1 saturated carbocycles. The van der Waals surface area contributed by atoms with E-state index in [9.17, 15) is 9.90 Å². The number of nitrogens with zero attached hydrogens (tertiary/aromatic N) is 4. The average Bonchev–Trinajstić information content (AvgIpc) is 3.30. The Bertz CT molecular complexity index is 1410. The normalized spacial score (nSPS) is 18.4. The van der Waals surface area contributed by atoms with Gasteiger partial charge >= 0.3 is 5.97 Å². The van der Waals surface area contributed by atoms with Crippen LogP contribution in [0.4, 0.5) is 5.82 Å². The Hall–Kier alpha value is -3.26. The molecule has 0 bridgehead atoms. The lowest BCUT2D eigenvalue weighted by Gasteiger charge is -2.26. The molecule has 0 unspecified atom stereocenters. The van der Waals surface area contributed by atoms with Crippen molar-refractivity contribution in [2.75, 3.05) is 5.73 Å². The third-order valence-corrected chi connectivity index (χ3v) is 8.04. The second-order valence-corrected chi connectivity index (χ2v) is 11.4. The van der Waals surface area contributed by atoms with Crippen LogP contribution in [0.1, 0.15) is 63.6 Å². The lowest BCUT2D eigenvalue weighted by atomic mass is 9.80. The van der Waals surface area contributed by atoms with Crippen molar-refractivity contribution in [3.8, 4) is 22.4 Å². The smallest absolute Gasteiger partial charge is 0.306 e. The standard InChI is InChI=1S/C28H30BrN5O2/c1-28(2,3)20-11-8-16(9-12-20)22-13-10-19(14-31-22)21-15-32-34-25(30)23(29)24(33-26(21)34)17-4-6-18(7-5-17)27(35)36/h8-15,17-18H,4-7,30H2,1-3H3,(H,35,36). The van der Waals surface area contributed by atoms with Crippen LogP contribution >= 0.6 is 15.9 Å². The topological polar surface area (TPSA) is 106 Å². The maximum Gasteiger partial charge on any atom is 0.306 e. The first kappa shape index (κ1) is 24.4. The summed E-state index contributed by atoms with van der Waals surface area (Å²) in [6.07, 6.45) is 6.45. The number of nitrogen functional groups attached to an aromatic ring is 1. The van der Waals surface area contributed by atoms with Crippen molar-refractivity contribution in [2.45, 2.75) is 57.8 Å². The van der Waals surface area contributed by atoms with Crippen LogP contribution in [0.25, 0.3) is 28.0 Å². The van der Waals surface area contributed by atoms with Crippen LogP contribution in [0.5, 0.6) is 0 Å². The van der Waals surface area contributed by atoms with Gasteiger partial charge in [-0.05, 0) is 58.7 Å². The molecule has 5 rings (SSSR count). The third kappa shape index (κ3) is 4.50. The molecule has 0 aliphatic heterocycles. The number of carbonyl (C=O) groups is 1. The minimum Gasteiger partial charge on any atom is -0.481 e. The summed E-state index contributed by atoms with van der Waals surface area (Å²) in [5.41, 5.74) is 13.1. The second-order valence-electron chi connectivity index (χ2n) is 10.6. The van der Waals surface area contributed by atoms with E-state index >= 15 is 0 Å². The van der Waals surface area contributed by atoms with Crippen LogP contribution < -0.4 is 5.73 Å². The fourth-order valence-electron chi connectivity index (χ4n) is 4.97. The van der Waals surface area contributed by atoms with E-state index in [1.54, 1.807) is 10.7 Å². The van der Waals surface area contributed by atoms with Gasteiger partial charge in [0.15, 0.2) is 5.65 Å². The van der Waals surface area contributed by atoms with Crippen molar-refractivity contribution >= 4 is 33.4 Å². The zero-order valence-electron chi connectivity index (χ0n) is 20.7. The number of carboxylic acid groups (broad SMARTS) is 1. The number of halogens is 1. The number of hydrogen-bond donors (Lipinski definition) is 2. The SMILES string of the molecule is CC(C)(C)c1ccc(-c2ccc(-c3cnn4c(N)c(Br)c(C5CCC(C(=O)O)CC5)nc34)cn2)cc1. The molecule has 4 aromatic rings. The molecule has 3 N–H and O–H groups in total. The van der Waals surface area contributed by atoms with Crippen molar-refractivity contribution < 1.29 is 9.90 Å². The van der Waals surface area contributed by atoms with Crippen LogP contribution in [0.15, 0.2) is 53.3 Å². The number of benzene rings is 1. The summed E-state index contributed by atoms with van der Waals surface area (Å²) >= 11 is 3.62. The van der Waals surface area contributed by atoms with Gasteiger partial charge in [0.2, 0.25) is 0 Å². The van der Waals surface area contributed by atoms with Gasteiger partial charge in [-0.3, -0.25) is 9.78 Å². The highest BCUT2D eigenvalue weighted by molar-refractivity contribution is 9.10. The molecule has 8 heteroatoms. The first-order chi connectivity index (χ1) is 17.1. The molecule has 186 valence electrons. The first-order valence-corrected chi connectivity index (χ1v) is 13.1. The van der Waals surface area contributed by atoms with Crippen molar-refractivity contribution in [3.05, 3.63) is 64.5 Å². The maximum absolute atomic E-state index is 11.4. The molecule has 36 heavy (non-hydrogen) atoms. The Morgan fingerprint density at radius 2 is 1.69 bits per heavy atom. The van der Waals surface area contributed by atoms with E-state index in [1.165, 1.54) is 5.56 Å². The van der Waals surface area contributed by atoms with E-state index in [1.807, 2.05) is 18.3 Å². The number of aromatic nitrogens is 4. The van der Waals surface area contributed by atoms with E-state index in [0.717, 1.165) is 45.4 Å². The van der Waals surface area contributed by atoms with Crippen molar-refractivity contribution in [2.24, 2.45) is 5.92 Å². The van der Waals surface area contributed by atoms with Gasteiger partial charge in [0, 0.05) is 28.8 Å². The maximum atomic E-state index is 11.4. The van der Waals surface area contributed by atoms with E-state index in [-0.39, 0.29) is 17.3 Å². The van der Waals surface area contributed by atoms with Gasteiger partial charge in [0.05, 0.1) is 28.0 Å². The van der Waals surface area contributed by atoms with Crippen molar-refractivity contribution in [3.63, 3.8) is 0 Å². The quantitative estimate of drug-likeness (QED) is 0.303. The minimum atomic E-state index is -0.713. The monoisotopic (exact) mass is 547 g/mol. The van der Waals surface area contributed by atoms with E-state index in [0.29, 0.717) is 24.3 Å². The summed E-state index contributed by atoms with van der Waals surface area (Å²) in [5.74, 6) is -0.345. The summed E-state index contributed by atoms with van der Waals surface area (Å²) in [6, 6.07) is 12.6. The van der Waals surface area contributed by atoms with Crippen LogP contribution in [-0.2, 0) is 10.2 Å². The zero-order chi connectivity index (χ0) is 25.6. The summed E-state index contributed by atoms with van der Waals surface area (Å²) in [7, 11) is 0. The zero-order valence-corrected chi connectivity index (χ0v) is 22.3. The number of carboxylic acids is 1. The Balaban J connectivity index is 1.46. The predicted molar refractivity (Wildman–Crippen MR) is 145 cm³/mol. The molecule has 1 aromatic carbocycles. The van der Waals surface area contributed by atoms with Gasteiger partial charge in [-0.15, -0.1) is 0 Å². The number of hydrogen-bond acceptors (Lipinski definition) is 5. The van der Waals surface area contributed by atoms with Crippen molar-refractivity contribution in [1.82, 2.24) is 19.6 Å². The molecule has 3 aromatic heterocycles. The minimum absolute atomic E-state index is 0.109. The first-order valence-electron chi connectivity index (χ1n) is 12.3. The number of nitrogens with two attached hydrogens (primary N) is 1. The van der Waals surface area contributed by atoms with Crippen molar-refractivity contribution in [1.29, 1.82) is 0 Å². The van der Waals surface area contributed by atoms with E-state index in [4.69, 9.17) is 15.7 Å². The average molecular weight is 548 g/mol. The fraction of sp³-hybridized carbons (Fsp3) is 0.357. The van der Waals surface area contributed by atoms with Gasteiger partial charge < -0.3 is 10.8 Å². The summed E-state index contributed by atoms with van der Waals surface area (Å²) in [6.45, 7) is 6.62. The Kier molecular flexibility index (Phi) is 6.32. The van der Waals surface area contributed by atoms with Crippen LogP contribution in [0.2, 0.25) is 0 Å². The Morgan fingerprint density at radius 3 is 2.28 bits per heavy atom. The molecule has 0 atom stereocenters. The predicted octanol–water partition coefficient (Wildman–Crippen LogP) is 6.46. The molecule has 1 aliphatic carbocycles.